The number of anilines is 1. The third kappa shape index (κ3) is 4.31. The second kappa shape index (κ2) is 9.92. The first kappa shape index (κ1) is 23.6. The summed E-state index contributed by atoms with van der Waals surface area (Å²) in [4.78, 5) is 6.75. The molecule has 0 saturated heterocycles. The number of phenols is 1. The molecule has 0 aliphatic carbocycles. The second-order valence-corrected chi connectivity index (χ2v) is 9.44. The fraction of sp³-hybridized carbons (Fsp3) is 0.114. The summed E-state index contributed by atoms with van der Waals surface area (Å²) in [6.45, 7) is 6.01. The summed E-state index contributed by atoms with van der Waals surface area (Å²) < 4.78 is 0. The molecule has 0 atom stereocenters. The average Bonchev–Trinajstić information content (AvgIpc) is 2.96. The van der Waals surface area contributed by atoms with Gasteiger partial charge >= 0.3 is 0 Å². The highest BCUT2D eigenvalue weighted by molar-refractivity contribution is 6.23. The number of rotatable bonds is 5. The Morgan fingerprint density at radius 1 is 0.737 bits per heavy atom. The van der Waals surface area contributed by atoms with Crippen LogP contribution in [-0.4, -0.2) is 24.4 Å². The molecule has 0 bridgehead atoms. The maximum absolute atomic E-state index is 10.5. The van der Waals surface area contributed by atoms with Gasteiger partial charge in [0.1, 0.15) is 5.75 Å². The molecule has 0 unspecified atom stereocenters. The molecule has 0 heterocycles. The van der Waals surface area contributed by atoms with Crippen LogP contribution in [0, 0.1) is 11.8 Å². The molecule has 0 saturated carbocycles. The highest BCUT2D eigenvalue weighted by Gasteiger charge is 2.10. The summed E-state index contributed by atoms with van der Waals surface area (Å²) in [5.41, 5.74) is 4.48. The largest absolute Gasteiger partial charge is 0.507 e. The van der Waals surface area contributed by atoms with E-state index in [0.29, 0.717) is 5.56 Å². The molecule has 6 rings (SSSR count). The summed E-state index contributed by atoms with van der Waals surface area (Å²) in [5.74, 6) is 6.96. The molecule has 0 aliphatic rings. The van der Waals surface area contributed by atoms with Crippen LogP contribution in [0.1, 0.15) is 30.5 Å². The predicted molar refractivity (Wildman–Crippen MR) is 161 cm³/mol. The SMILES string of the molecule is CCN(CC)c1ccc(C=Nc2ccc(C#Cc3ccc4ccc5cccc6ccc3c4c56)cc2)c(O)c1. The topological polar surface area (TPSA) is 35.8 Å². The Labute approximate surface area is 223 Å². The van der Waals surface area contributed by atoms with Crippen molar-refractivity contribution in [3.63, 3.8) is 0 Å². The van der Waals surface area contributed by atoms with Crippen molar-refractivity contribution in [2.45, 2.75) is 13.8 Å². The smallest absolute Gasteiger partial charge is 0.126 e. The van der Waals surface area contributed by atoms with E-state index in [2.05, 4.69) is 90.2 Å². The maximum atomic E-state index is 10.5. The second-order valence-electron chi connectivity index (χ2n) is 9.44. The molecule has 6 aromatic carbocycles. The van der Waals surface area contributed by atoms with Crippen LogP contribution >= 0.6 is 0 Å². The normalized spacial score (nSPS) is 11.4. The molecule has 0 aliphatic heterocycles. The van der Waals surface area contributed by atoms with Gasteiger partial charge in [-0.3, -0.25) is 4.99 Å². The van der Waals surface area contributed by atoms with E-state index in [1.165, 1.54) is 32.3 Å². The van der Waals surface area contributed by atoms with Crippen molar-refractivity contribution in [3.05, 3.63) is 114 Å². The number of phenolic OH excluding ortho intramolecular Hbond substituents is 1. The summed E-state index contributed by atoms with van der Waals surface area (Å²) in [6.07, 6.45) is 1.70. The summed E-state index contributed by atoms with van der Waals surface area (Å²) in [5, 5.41) is 18.0. The van der Waals surface area contributed by atoms with Crippen LogP contribution in [0.15, 0.2) is 102 Å². The predicted octanol–water partition coefficient (Wildman–Crippen LogP) is 8.29. The van der Waals surface area contributed by atoms with Crippen molar-refractivity contribution in [3.8, 4) is 17.6 Å². The maximum Gasteiger partial charge on any atom is 0.126 e. The Morgan fingerprint density at radius 3 is 2.13 bits per heavy atom. The van der Waals surface area contributed by atoms with Crippen molar-refractivity contribution in [1.82, 2.24) is 0 Å². The van der Waals surface area contributed by atoms with Gasteiger partial charge in [-0.25, -0.2) is 0 Å². The molecule has 0 spiro atoms. The van der Waals surface area contributed by atoms with Crippen LogP contribution in [-0.2, 0) is 0 Å². The molecule has 3 heteroatoms. The minimum absolute atomic E-state index is 0.230. The molecule has 0 fully saturated rings. The van der Waals surface area contributed by atoms with Gasteiger partial charge in [0.05, 0.1) is 5.69 Å². The third-order valence-electron chi connectivity index (χ3n) is 7.23. The molecule has 1 N–H and O–H groups in total. The lowest BCUT2D eigenvalue weighted by molar-refractivity contribution is 0.474. The van der Waals surface area contributed by atoms with E-state index >= 15 is 0 Å². The number of benzene rings is 6. The van der Waals surface area contributed by atoms with Gasteiger partial charge in [-0.2, -0.15) is 0 Å². The number of nitrogens with zero attached hydrogens (tertiary/aromatic N) is 2. The fourth-order valence-corrected chi connectivity index (χ4v) is 5.19. The molecule has 0 amide bonds. The van der Waals surface area contributed by atoms with Crippen LogP contribution in [0.2, 0.25) is 0 Å². The molecule has 0 radical (unpaired) electrons. The minimum Gasteiger partial charge on any atom is -0.507 e. The summed E-state index contributed by atoms with van der Waals surface area (Å²) in [7, 11) is 0. The molecular weight excluding hydrogens is 464 g/mol. The molecular formula is C35H28N2O. The van der Waals surface area contributed by atoms with E-state index in [1.54, 1.807) is 12.3 Å². The van der Waals surface area contributed by atoms with Crippen molar-refractivity contribution < 1.29 is 5.11 Å². The third-order valence-corrected chi connectivity index (χ3v) is 7.23. The average molecular weight is 493 g/mol. The first-order valence-electron chi connectivity index (χ1n) is 13.0. The Bertz CT molecular complexity index is 1840. The van der Waals surface area contributed by atoms with E-state index in [9.17, 15) is 5.11 Å². The standard InChI is InChI=1S/C35H28N2O/c1-3-37(4-2)31-20-16-29(33(38)22-31)23-36-30-18-9-24(10-19-30)8-11-25-12-13-28-15-14-26-6-5-7-27-17-21-32(25)35(28)34(26)27/h5-7,9-10,12-23,38H,3-4H2,1-2H3. The van der Waals surface area contributed by atoms with Gasteiger partial charge in [-0.05, 0) is 88.6 Å². The highest BCUT2D eigenvalue weighted by atomic mass is 16.3. The van der Waals surface area contributed by atoms with Crippen LogP contribution in [0.5, 0.6) is 5.75 Å². The van der Waals surface area contributed by atoms with Crippen molar-refractivity contribution in [1.29, 1.82) is 0 Å². The van der Waals surface area contributed by atoms with Gasteiger partial charge in [0.25, 0.3) is 0 Å². The molecule has 6 aromatic rings. The lowest BCUT2D eigenvalue weighted by Gasteiger charge is -2.21. The molecule has 0 aromatic heterocycles. The van der Waals surface area contributed by atoms with E-state index < -0.39 is 0 Å². The number of hydrogen-bond acceptors (Lipinski definition) is 3. The first-order valence-corrected chi connectivity index (χ1v) is 13.0. The molecule has 38 heavy (non-hydrogen) atoms. The zero-order valence-electron chi connectivity index (χ0n) is 21.6. The van der Waals surface area contributed by atoms with Crippen LogP contribution in [0.4, 0.5) is 11.4 Å². The van der Waals surface area contributed by atoms with Gasteiger partial charge < -0.3 is 10.0 Å². The van der Waals surface area contributed by atoms with Crippen LogP contribution in [0.25, 0.3) is 32.3 Å². The zero-order valence-corrected chi connectivity index (χ0v) is 21.6. The van der Waals surface area contributed by atoms with Crippen LogP contribution in [0.3, 0.4) is 0 Å². The Morgan fingerprint density at radius 2 is 1.42 bits per heavy atom. The number of aliphatic imine (C=N–C) groups is 1. The van der Waals surface area contributed by atoms with E-state index in [4.69, 9.17) is 0 Å². The highest BCUT2D eigenvalue weighted by Crippen LogP contribution is 2.35. The quantitative estimate of drug-likeness (QED) is 0.149. The van der Waals surface area contributed by atoms with Gasteiger partial charge in [0, 0.05) is 47.7 Å². The number of hydrogen-bond donors (Lipinski definition) is 1. The van der Waals surface area contributed by atoms with Crippen molar-refractivity contribution >= 4 is 49.9 Å². The zero-order chi connectivity index (χ0) is 26.1. The summed E-state index contributed by atoms with van der Waals surface area (Å²) >= 11 is 0. The monoisotopic (exact) mass is 492 g/mol. The minimum atomic E-state index is 0.230. The lowest BCUT2D eigenvalue weighted by atomic mass is 9.92. The van der Waals surface area contributed by atoms with E-state index in [0.717, 1.165) is 35.6 Å². The van der Waals surface area contributed by atoms with Crippen molar-refractivity contribution in [2.75, 3.05) is 18.0 Å². The number of aromatic hydroxyl groups is 1. The Kier molecular flexibility index (Phi) is 6.15. The van der Waals surface area contributed by atoms with Gasteiger partial charge in [0.2, 0.25) is 0 Å². The van der Waals surface area contributed by atoms with E-state index in [-0.39, 0.29) is 5.75 Å². The Hall–Kier alpha value is -4.81. The fourth-order valence-electron chi connectivity index (χ4n) is 5.19. The summed E-state index contributed by atoms with van der Waals surface area (Å²) in [6, 6.07) is 33.1. The molecule has 184 valence electrons. The van der Waals surface area contributed by atoms with Gasteiger partial charge in [-0.1, -0.05) is 60.4 Å². The van der Waals surface area contributed by atoms with Crippen molar-refractivity contribution in [2.24, 2.45) is 4.99 Å². The van der Waals surface area contributed by atoms with E-state index in [1.807, 2.05) is 36.4 Å². The molecule has 3 nitrogen and oxygen atoms in total. The Balaban J connectivity index is 1.25. The lowest BCUT2D eigenvalue weighted by Crippen LogP contribution is -2.21. The first-order chi connectivity index (χ1) is 18.6. The van der Waals surface area contributed by atoms with Crippen LogP contribution < -0.4 is 4.90 Å². The van der Waals surface area contributed by atoms with Gasteiger partial charge in [-0.15, -0.1) is 0 Å². The van der Waals surface area contributed by atoms with Gasteiger partial charge in [0.15, 0.2) is 0 Å².